The molecule has 2 amide bonds. The van der Waals surface area contributed by atoms with Gasteiger partial charge in [-0.25, -0.2) is 0 Å². The first kappa shape index (κ1) is 20.3. The number of ketones is 2. The van der Waals surface area contributed by atoms with Crippen LogP contribution in [0.2, 0.25) is 0 Å². The van der Waals surface area contributed by atoms with Crippen molar-refractivity contribution in [3.8, 4) is 0 Å². The highest BCUT2D eigenvalue weighted by atomic mass is 32.2. The first-order valence-corrected chi connectivity index (χ1v) is 12.3. The number of hydrogen-bond donors (Lipinski definition) is 2. The summed E-state index contributed by atoms with van der Waals surface area (Å²) < 4.78 is 0. The van der Waals surface area contributed by atoms with Crippen molar-refractivity contribution in [2.75, 3.05) is 12.5 Å². The van der Waals surface area contributed by atoms with Crippen molar-refractivity contribution < 1.29 is 29.4 Å². The normalized spacial score (nSPS) is 46.8. The van der Waals surface area contributed by atoms with Crippen molar-refractivity contribution in [1.29, 1.82) is 0 Å². The number of allylic oxidation sites excluding steroid dienone is 2. The summed E-state index contributed by atoms with van der Waals surface area (Å²) in [6.07, 6.45) is 6.91. The van der Waals surface area contributed by atoms with Crippen molar-refractivity contribution >= 4 is 46.9 Å². The number of carbonyl (C=O) groups excluding carboxylic acids is 4. The topological polar surface area (TPSA) is 115 Å². The van der Waals surface area contributed by atoms with Crippen molar-refractivity contribution in [3.63, 3.8) is 0 Å². The largest absolute Gasteiger partial charge is 0.387 e. The number of aliphatic hydroxyl groups excluding tert-OH is 2. The molecule has 0 aromatic heterocycles. The van der Waals surface area contributed by atoms with Crippen LogP contribution in [0.5, 0.6) is 0 Å². The standard InChI is InChI=1S/C20H22N2O6S2/c1-29-19-7-9-11(23)3-5-13(25)15(9)21(19)18(28)20(30-2)8-10-12(24)4-6-14(26)16(10)22(20)17(19)27/h3-6,9-10,13-16,25-26H,7-8H2,1-2H3. The van der Waals surface area contributed by atoms with E-state index < -0.39 is 45.9 Å². The van der Waals surface area contributed by atoms with Gasteiger partial charge in [0, 0.05) is 24.7 Å². The third-order valence-electron chi connectivity index (χ3n) is 7.32. The molecule has 8 nitrogen and oxygen atoms in total. The molecule has 0 aromatic rings. The smallest absolute Gasteiger partial charge is 0.261 e. The predicted octanol–water partition coefficient (Wildman–Crippen LogP) is -0.448. The molecule has 30 heavy (non-hydrogen) atoms. The Balaban J connectivity index is 1.70. The highest BCUT2D eigenvalue weighted by Gasteiger charge is 2.74. The maximum absolute atomic E-state index is 14.1. The van der Waals surface area contributed by atoms with Crippen molar-refractivity contribution in [3.05, 3.63) is 24.3 Å². The van der Waals surface area contributed by atoms with Crippen molar-refractivity contribution in [2.24, 2.45) is 11.8 Å². The number of aliphatic hydroxyl groups is 2. The Bertz CT molecular complexity index is 862. The predicted molar refractivity (Wildman–Crippen MR) is 110 cm³/mol. The molecule has 3 saturated heterocycles. The lowest BCUT2D eigenvalue weighted by atomic mass is 9.85. The van der Waals surface area contributed by atoms with Crippen LogP contribution in [-0.2, 0) is 19.2 Å². The van der Waals surface area contributed by atoms with Crippen LogP contribution in [0.4, 0.5) is 0 Å². The SMILES string of the molecule is CSC12CC3C(=O)C=CC(O)C3N1C(=O)C1(SC)CC3C(=O)C=CC(O)C3N1C2=O. The summed E-state index contributed by atoms with van der Waals surface area (Å²) in [4.78, 5) is 53.4. The van der Waals surface area contributed by atoms with Gasteiger partial charge in [-0.2, -0.15) is 0 Å². The first-order chi connectivity index (χ1) is 14.2. The van der Waals surface area contributed by atoms with Crippen LogP contribution in [-0.4, -0.2) is 89.9 Å². The average molecular weight is 451 g/mol. The second-order valence-corrected chi connectivity index (χ2v) is 10.6. The zero-order chi connectivity index (χ0) is 21.6. The molecule has 8 atom stereocenters. The highest BCUT2D eigenvalue weighted by molar-refractivity contribution is 8.01. The third kappa shape index (κ3) is 2.18. The maximum atomic E-state index is 14.1. The number of amides is 2. The van der Waals surface area contributed by atoms with E-state index in [2.05, 4.69) is 0 Å². The fourth-order valence-electron chi connectivity index (χ4n) is 5.95. The molecule has 2 aliphatic carbocycles. The molecule has 8 unspecified atom stereocenters. The van der Waals surface area contributed by atoms with Crippen LogP contribution in [0, 0.1) is 11.8 Å². The lowest BCUT2D eigenvalue weighted by Crippen LogP contribution is -2.74. The Kier molecular flexibility index (Phi) is 4.36. The van der Waals surface area contributed by atoms with Gasteiger partial charge in [0.1, 0.15) is 0 Å². The molecule has 0 spiro atoms. The molecule has 0 bridgehead atoms. The van der Waals surface area contributed by atoms with Gasteiger partial charge >= 0.3 is 0 Å². The summed E-state index contributed by atoms with van der Waals surface area (Å²) in [5.74, 6) is -2.52. The lowest BCUT2D eigenvalue weighted by Gasteiger charge is -2.54. The Morgan fingerprint density at radius 1 is 0.800 bits per heavy atom. The Labute approximate surface area is 181 Å². The molecule has 160 valence electrons. The Morgan fingerprint density at radius 3 is 1.50 bits per heavy atom. The van der Waals surface area contributed by atoms with E-state index in [0.717, 1.165) is 0 Å². The summed E-state index contributed by atoms with van der Waals surface area (Å²) in [5.41, 5.74) is 0. The molecule has 5 aliphatic rings. The van der Waals surface area contributed by atoms with Crippen LogP contribution in [0.3, 0.4) is 0 Å². The number of fused-ring (bicyclic) bond motifs is 6. The highest BCUT2D eigenvalue weighted by Crippen LogP contribution is 2.59. The van der Waals surface area contributed by atoms with Gasteiger partial charge in [-0.15, -0.1) is 23.5 Å². The molecule has 0 aromatic carbocycles. The van der Waals surface area contributed by atoms with E-state index in [0.29, 0.717) is 0 Å². The van der Waals surface area contributed by atoms with Crippen LogP contribution in [0.25, 0.3) is 0 Å². The van der Waals surface area contributed by atoms with Crippen LogP contribution in [0.15, 0.2) is 24.3 Å². The number of nitrogens with zero attached hydrogens (tertiary/aromatic N) is 2. The molecule has 5 rings (SSSR count). The van der Waals surface area contributed by atoms with Gasteiger partial charge in [-0.1, -0.05) is 12.2 Å². The molecule has 0 radical (unpaired) electrons. The quantitative estimate of drug-likeness (QED) is 0.582. The number of carbonyl (C=O) groups is 4. The fourth-order valence-corrected chi connectivity index (χ4v) is 7.99. The van der Waals surface area contributed by atoms with Gasteiger partial charge in [0.25, 0.3) is 11.8 Å². The van der Waals surface area contributed by atoms with E-state index in [-0.39, 0.29) is 36.2 Å². The average Bonchev–Trinajstić information content (AvgIpc) is 3.29. The minimum Gasteiger partial charge on any atom is -0.387 e. The van der Waals surface area contributed by atoms with E-state index >= 15 is 0 Å². The van der Waals surface area contributed by atoms with Gasteiger partial charge in [0.05, 0.1) is 24.3 Å². The number of rotatable bonds is 2. The van der Waals surface area contributed by atoms with E-state index in [1.165, 1.54) is 57.6 Å². The van der Waals surface area contributed by atoms with Gasteiger partial charge in [-0.05, 0) is 24.7 Å². The summed E-state index contributed by atoms with van der Waals surface area (Å²) in [7, 11) is 0. The van der Waals surface area contributed by atoms with E-state index in [4.69, 9.17) is 0 Å². The summed E-state index contributed by atoms with van der Waals surface area (Å²) in [5, 5.41) is 21.3. The van der Waals surface area contributed by atoms with Crippen LogP contribution < -0.4 is 0 Å². The number of piperazine rings is 1. The first-order valence-electron chi connectivity index (χ1n) is 9.81. The van der Waals surface area contributed by atoms with Crippen LogP contribution >= 0.6 is 23.5 Å². The van der Waals surface area contributed by atoms with Crippen molar-refractivity contribution in [2.45, 2.75) is 46.9 Å². The monoisotopic (exact) mass is 450 g/mol. The minimum atomic E-state index is -1.35. The summed E-state index contributed by atoms with van der Waals surface area (Å²) >= 11 is 2.35. The number of hydrogen-bond acceptors (Lipinski definition) is 8. The zero-order valence-electron chi connectivity index (χ0n) is 16.4. The lowest BCUT2D eigenvalue weighted by molar-refractivity contribution is -0.168. The second-order valence-electron chi connectivity index (χ2n) is 8.43. The van der Waals surface area contributed by atoms with Gasteiger partial charge in [0.2, 0.25) is 0 Å². The number of thioether (sulfide) groups is 2. The Morgan fingerprint density at radius 2 is 1.17 bits per heavy atom. The molecule has 3 heterocycles. The molecule has 10 heteroatoms. The van der Waals surface area contributed by atoms with Gasteiger partial charge < -0.3 is 20.0 Å². The molecular weight excluding hydrogens is 428 g/mol. The molecular formula is C20H22N2O6S2. The van der Waals surface area contributed by atoms with Gasteiger partial charge in [-0.3, -0.25) is 19.2 Å². The van der Waals surface area contributed by atoms with Crippen molar-refractivity contribution in [1.82, 2.24) is 9.80 Å². The van der Waals surface area contributed by atoms with E-state index in [1.54, 1.807) is 12.5 Å². The fraction of sp³-hybridized carbons (Fsp3) is 0.600. The molecule has 2 N–H and O–H groups in total. The summed E-state index contributed by atoms with van der Waals surface area (Å²) in [6.45, 7) is 0. The van der Waals surface area contributed by atoms with E-state index in [1.807, 2.05) is 0 Å². The Hall–Kier alpha value is -1.62. The second kappa shape index (κ2) is 6.44. The minimum absolute atomic E-state index is 0.0991. The van der Waals surface area contributed by atoms with E-state index in [9.17, 15) is 29.4 Å². The molecule has 3 fully saturated rings. The third-order valence-corrected chi connectivity index (χ3v) is 9.75. The van der Waals surface area contributed by atoms with Crippen LogP contribution in [0.1, 0.15) is 12.8 Å². The molecule has 3 aliphatic heterocycles. The maximum Gasteiger partial charge on any atom is 0.261 e. The summed E-state index contributed by atoms with van der Waals surface area (Å²) in [6, 6.07) is -1.64. The van der Waals surface area contributed by atoms with Gasteiger partial charge in [0.15, 0.2) is 21.3 Å². The zero-order valence-corrected chi connectivity index (χ0v) is 18.1. The molecule has 0 saturated carbocycles.